The van der Waals surface area contributed by atoms with E-state index in [0.29, 0.717) is 6.42 Å². The molecule has 1 aliphatic rings. The molecule has 0 N–H and O–H groups in total. The standard InChI is InChI=1S/C21H30N4O/c1-23(2)16-17-7-9-18(10-8-17)20-6-4-5-15-25(20)21(26)12-11-19-13-14-22-24(19)3/h7-10,13-14,20H,4-6,11-12,15-16H2,1-3H3/t20-/m1/s1. The summed E-state index contributed by atoms with van der Waals surface area (Å²) in [7, 11) is 6.09. The molecule has 140 valence electrons. The lowest BCUT2D eigenvalue weighted by Crippen LogP contribution is -2.38. The van der Waals surface area contributed by atoms with Crippen molar-refractivity contribution in [3.63, 3.8) is 0 Å². The summed E-state index contributed by atoms with van der Waals surface area (Å²) >= 11 is 0. The van der Waals surface area contributed by atoms with Crippen LogP contribution in [0.4, 0.5) is 0 Å². The molecular weight excluding hydrogens is 324 g/mol. The minimum atomic E-state index is 0.219. The van der Waals surface area contributed by atoms with Gasteiger partial charge in [0.1, 0.15) is 0 Å². The van der Waals surface area contributed by atoms with Crippen molar-refractivity contribution in [2.75, 3.05) is 20.6 Å². The third-order valence-electron chi connectivity index (χ3n) is 5.20. The fourth-order valence-electron chi connectivity index (χ4n) is 3.81. The van der Waals surface area contributed by atoms with Crippen LogP contribution in [-0.4, -0.2) is 46.1 Å². The second kappa shape index (κ2) is 8.49. The third-order valence-corrected chi connectivity index (χ3v) is 5.20. The molecule has 0 saturated carbocycles. The van der Waals surface area contributed by atoms with E-state index in [-0.39, 0.29) is 11.9 Å². The minimum absolute atomic E-state index is 0.219. The Labute approximate surface area is 156 Å². The molecule has 1 aromatic heterocycles. The van der Waals surface area contributed by atoms with Crippen LogP contribution in [0, 0.1) is 0 Å². The Morgan fingerprint density at radius 3 is 2.62 bits per heavy atom. The number of carbonyl (C=O) groups is 1. The lowest BCUT2D eigenvalue weighted by atomic mass is 9.94. The zero-order valence-corrected chi connectivity index (χ0v) is 16.2. The maximum absolute atomic E-state index is 12.9. The predicted octanol–water partition coefficient (Wildman–Crippen LogP) is 3.17. The number of hydrogen-bond acceptors (Lipinski definition) is 3. The van der Waals surface area contributed by atoms with Crippen molar-refractivity contribution < 1.29 is 4.79 Å². The smallest absolute Gasteiger partial charge is 0.223 e. The van der Waals surface area contributed by atoms with E-state index in [1.165, 1.54) is 17.5 Å². The van der Waals surface area contributed by atoms with E-state index in [4.69, 9.17) is 0 Å². The van der Waals surface area contributed by atoms with Crippen molar-refractivity contribution in [3.8, 4) is 0 Å². The van der Waals surface area contributed by atoms with Crippen LogP contribution in [0.1, 0.15) is 48.5 Å². The summed E-state index contributed by atoms with van der Waals surface area (Å²) in [5.41, 5.74) is 3.68. The first-order valence-electron chi connectivity index (χ1n) is 9.54. The van der Waals surface area contributed by atoms with Crippen LogP contribution in [0.25, 0.3) is 0 Å². The van der Waals surface area contributed by atoms with Gasteiger partial charge in [-0.25, -0.2) is 0 Å². The normalized spacial score (nSPS) is 17.7. The average molecular weight is 354 g/mol. The molecule has 1 atom stereocenters. The van der Waals surface area contributed by atoms with Crippen LogP contribution >= 0.6 is 0 Å². The van der Waals surface area contributed by atoms with Crippen molar-refractivity contribution >= 4 is 5.91 Å². The summed E-state index contributed by atoms with van der Waals surface area (Å²) in [5.74, 6) is 0.258. The molecule has 3 rings (SSSR count). The Kier molecular flexibility index (Phi) is 6.09. The number of aryl methyl sites for hydroxylation is 2. The molecular formula is C21H30N4O. The average Bonchev–Trinajstić information content (AvgIpc) is 3.05. The summed E-state index contributed by atoms with van der Waals surface area (Å²) < 4.78 is 1.85. The Balaban J connectivity index is 1.67. The van der Waals surface area contributed by atoms with Crippen LogP contribution in [0.15, 0.2) is 36.5 Å². The van der Waals surface area contributed by atoms with Gasteiger partial charge in [-0.2, -0.15) is 5.10 Å². The van der Waals surface area contributed by atoms with Crippen molar-refractivity contribution in [2.24, 2.45) is 7.05 Å². The zero-order chi connectivity index (χ0) is 18.5. The predicted molar refractivity (Wildman–Crippen MR) is 104 cm³/mol. The first-order valence-corrected chi connectivity index (χ1v) is 9.54. The molecule has 1 aliphatic heterocycles. The van der Waals surface area contributed by atoms with Gasteiger partial charge in [-0.05, 0) is 57.0 Å². The lowest BCUT2D eigenvalue weighted by Gasteiger charge is -2.36. The molecule has 1 saturated heterocycles. The second-order valence-electron chi connectivity index (χ2n) is 7.52. The van der Waals surface area contributed by atoms with Crippen molar-refractivity contribution in [3.05, 3.63) is 53.3 Å². The Bertz CT molecular complexity index is 720. The quantitative estimate of drug-likeness (QED) is 0.800. The summed E-state index contributed by atoms with van der Waals surface area (Å²) in [4.78, 5) is 17.2. The molecule has 5 nitrogen and oxygen atoms in total. The largest absolute Gasteiger partial charge is 0.336 e. The van der Waals surface area contributed by atoms with Crippen LogP contribution in [0.3, 0.4) is 0 Å². The molecule has 5 heteroatoms. The van der Waals surface area contributed by atoms with Gasteiger partial charge in [-0.3, -0.25) is 9.48 Å². The topological polar surface area (TPSA) is 41.4 Å². The van der Waals surface area contributed by atoms with E-state index in [1.807, 2.05) is 17.8 Å². The Morgan fingerprint density at radius 2 is 1.96 bits per heavy atom. The number of rotatable bonds is 6. The molecule has 1 fully saturated rings. The van der Waals surface area contributed by atoms with Gasteiger partial charge in [0.15, 0.2) is 0 Å². The third kappa shape index (κ3) is 4.52. The van der Waals surface area contributed by atoms with Crippen molar-refractivity contribution in [1.82, 2.24) is 19.6 Å². The number of aromatic nitrogens is 2. The van der Waals surface area contributed by atoms with Crippen molar-refractivity contribution in [1.29, 1.82) is 0 Å². The number of likely N-dealkylation sites (tertiary alicyclic amines) is 1. The van der Waals surface area contributed by atoms with E-state index in [1.54, 1.807) is 6.20 Å². The maximum atomic E-state index is 12.9. The molecule has 0 radical (unpaired) electrons. The second-order valence-corrected chi connectivity index (χ2v) is 7.52. The number of hydrogen-bond donors (Lipinski definition) is 0. The highest BCUT2D eigenvalue weighted by Crippen LogP contribution is 2.31. The Morgan fingerprint density at radius 1 is 1.19 bits per heavy atom. The minimum Gasteiger partial charge on any atom is -0.336 e. The van der Waals surface area contributed by atoms with E-state index < -0.39 is 0 Å². The number of piperidine rings is 1. The summed E-state index contributed by atoms with van der Waals surface area (Å²) in [6.07, 6.45) is 6.45. The van der Waals surface area contributed by atoms with Gasteiger partial charge in [0.05, 0.1) is 6.04 Å². The van der Waals surface area contributed by atoms with Crippen LogP contribution in [-0.2, 0) is 24.8 Å². The van der Waals surface area contributed by atoms with Gasteiger partial charge >= 0.3 is 0 Å². The number of carbonyl (C=O) groups excluding carboxylic acids is 1. The van der Waals surface area contributed by atoms with E-state index in [2.05, 4.69) is 53.3 Å². The molecule has 2 heterocycles. The van der Waals surface area contributed by atoms with Crippen LogP contribution < -0.4 is 0 Å². The molecule has 2 aromatic rings. The Hall–Kier alpha value is -2.14. The molecule has 0 bridgehead atoms. The van der Waals surface area contributed by atoms with Gasteiger partial charge in [0.2, 0.25) is 5.91 Å². The van der Waals surface area contributed by atoms with Crippen LogP contribution in [0.5, 0.6) is 0 Å². The number of nitrogens with zero attached hydrogens (tertiary/aromatic N) is 4. The summed E-state index contributed by atoms with van der Waals surface area (Å²) in [5, 5.41) is 4.19. The first kappa shape index (κ1) is 18.6. The van der Waals surface area contributed by atoms with Crippen molar-refractivity contribution in [2.45, 2.75) is 44.7 Å². The van der Waals surface area contributed by atoms with Gasteiger partial charge in [0.25, 0.3) is 0 Å². The SMILES string of the molecule is CN(C)Cc1ccc([C@H]2CCCCN2C(=O)CCc2ccnn2C)cc1. The van der Waals surface area contributed by atoms with E-state index in [9.17, 15) is 4.79 Å². The van der Waals surface area contributed by atoms with E-state index >= 15 is 0 Å². The van der Waals surface area contributed by atoms with E-state index in [0.717, 1.165) is 38.0 Å². The lowest BCUT2D eigenvalue weighted by molar-refractivity contribution is -0.135. The summed E-state index contributed by atoms with van der Waals surface area (Å²) in [6, 6.07) is 11.0. The fraction of sp³-hybridized carbons (Fsp3) is 0.524. The van der Waals surface area contributed by atoms with Gasteiger partial charge in [-0.15, -0.1) is 0 Å². The summed E-state index contributed by atoms with van der Waals surface area (Å²) in [6.45, 7) is 1.81. The van der Waals surface area contributed by atoms with Gasteiger partial charge in [0, 0.05) is 38.4 Å². The maximum Gasteiger partial charge on any atom is 0.223 e. The van der Waals surface area contributed by atoms with Gasteiger partial charge < -0.3 is 9.80 Å². The molecule has 1 amide bonds. The molecule has 26 heavy (non-hydrogen) atoms. The highest BCUT2D eigenvalue weighted by Gasteiger charge is 2.27. The molecule has 0 spiro atoms. The number of amides is 1. The van der Waals surface area contributed by atoms with Crippen LogP contribution in [0.2, 0.25) is 0 Å². The zero-order valence-electron chi connectivity index (χ0n) is 16.2. The highest BCUT2D eigenvalue weighted by molar-refractivity contribution is 5.77. The molecule has 0 aliphatic carbocycles. The first-order chi connectivity index (χ1) is 12.5. The fourth-order valence-corrected chi connectivity index (χ4v) is 3.81. The molecule has 1 aromatic carbocycles. The number of benzene rings is 1. The highest BCUT2D eigenvalue weighted by atomic mass is 16.2. The monoisotopic (exact) mass is 354 g/mol. The molecule has 0 unspecified atom stereocenters. The van der Waals surface area contributed by atoms with Gasteiger partial charge in [-0.1, -0.05) is 24.3 Å².